The minimum absolute atomic E-state index is 0.108. The average Bonchev–Trinajstić information content (AvgIpc) is 2.41. The number of hydrogen-bond donors (Lipinski definition) is 2. The van der Waals surface area contributed by atoms with Crippen LogP contribution >= 0.6 is 0 Å². The summed E-state index contributed by atoms with van der Waals surface area (Å²) in [5.41, 5.74) is 7.10. The molecular formula is C14H17N3O2S. The maximum Gasteiger partial charge on any atom is 0.262 e. The van der Waals surface area contributed by atoms with Gasteiger partial charge in [-0.2, -0.15) is 0 Å². The van der Waals surface area contributed by atoms with Crippen LogP contribution in [0.3, 0.4) is 0 Å². The van der Waals surface area contributed by atoms with E-state index in [0.29, 0.717) is 5.69 Å². The summed E-state index contributed by atoms with van der Waals surface area (Å²) in [5.74, 6) is 0.176. The summed E-state index contributed by atoms with van der Waals surface area (Å²) in [6.07, 6.45) is 3.14. The largest absolute Gasteiger partial charge is 0.384 e. The number of aryl methyl sites for hydroxylation is 1. The van der Waals surface area contributed by atoms with Crippen LogP contribution in [0.4, 0.5) is 11.5 Å². The predicted molar refractivity (Wildman–Crippen MR) is 79.9 cm³/mol. The van der Waals surface area contributed by atoms with E-state index in [2.05, 4.69) is 16.6 Å². The van der Waals surface area contributed by atoms with Crippen molar-refractivity contribution >= 4 is 21.5 Å². The molecule has 2 aromatic rings. The van der Waals surface area contributed by atoms with Crippen molar-refractivity contribution in [3.63, 3.8) is 0 Å². The van der Waals surface area contributed by atoms with Crippen molar-refractivity contribution in [1.29, 1.82) is 0 Å². The molecule has 3 N–H and O–H groups in total. The Morgan fingerprint density at radius 1 is 1.25 bits per heavy atom. The van der Waals surface area contributed by atoms with Gasteiger partial charge in [0.15, 0.2) is 0 Å². The van der Waals surface area contributed by atoms with Gasteiger partial charge in [0.25, 0.3) is 10.0 Å². The number of nitrogens with one attached hydrogen (secondary N) is 1. The quantitative estimate of drug-likeness (QED) is 0.886. The summed E-state index contributed by atoms with van der Waals surface area (Å²) in [5, 5.41) is 0. The number of hydrogen-bond acceptors (Lipinski definition) is 4. The first-order valence-corrected chi connectivity index (χ1v) is 7.83. The van der Waals surface area contributed by atoms with Crippen molar-refractivity contribution in [3.05, 3.63) is 48.2 Å². The lowest BCUT2D eigenvalue weighted by Gasteiger charge is -2.12. The van der Waals surface area contributed by atoms with Crippen molar-refractivity contribution in [2.45, 2.75) is 24.7 Å². The molecule has 0 saturated carbocycles. The molecule has 5 nitrogen and oxygen atoms in total. The Balaban J connectivity index is 2.34. The smallest absolute Gasteiger partial charge is 0.262 e. The average molecular weight is 291 g/mol. The second-order valence-corrected chi connectivity index (χ2v) is 6.11. The topological polar surface area (TPSA) is 85.1 Å². The standard InChI is InChI=1S/C14H17N3O2S/c1-2-5-11-6-3-4-7-13(11)17-20(18,19)12-8-9-16-14(15)10-12/h3-4,6-10,17H,2,5H2,1H3,(H2,15,16). The Bertz CT molecular complexity index is 699. The highest BCUT2D eigenvalue weighted by molar-refractivity contribution is 7.92. The first-order valence-electron chi connectivity index (χ1n) is 6.35. The molecule has 0 bridgehead atoms. The van der Waals surface area contributed by atoms with Crippen molar-refractivity contribution in [2.24, 2.45) is 0 Å². The number of sulfonamides is 1. The van der Waals surface area contributed by atoms with Gasteiger partial charge in [0.05, 0.1) is 10.6 Å². The van der Waals surface area contributed by atoms with Crippen LogP contribution in [-0.4, -0.2) is 13.4 Å². The summed E-state index contributed by atoms with van der Waals surface area (Å²) in [7, 11) is -3.65. The van der Waals surface area contributed by atoms with E-state index in [-0.39, 0.29) is 10.7 Å². The minimum atomic E-state index is -3.65. The molecular weight excluding hydrogens is 274 g/mol. The van der Waals surface area contributed by atoms with E-state index in [4.69, 9.17) is 5.73 Å². The normalized spacial score (nSPS) is 11.2. The minimum Gasteiger partial charge on any atom is -0.384 e. The third-order valence-corrected chi connectivity index (χ3v) is 4.21. The molecule has 0 saturated heterocycles. The number of anilines is 2. The van der Waals surface area contributed by atoms with Gasteiger partial charge < -0.3 is 5.73 Å². The molecule has 1 aromatic carbocycles. The van der Waals surface area contributed by atoms with Crippen molar-refractivity contribution < 1.29 is 8.42 Å². The Labute approximate surface area is 118 Å². The second kappa shape index (κ2) is 5.92. The zero-order valence-corrected chi connectivity index (χ0v) is 12.0. The number of aromatic nitrogens is 1. The summed E-state index contributed by atoms with van der Waals surface area (Å²) in [4.78, 5) is 3.90. The van der Waals surface area contributed by atoms with Gasteiger partial charge in [-0.15, -0.1) is 0 Å². The number of pyridine rings is 1. The van der Waals surface area contributed by atoms with E-state index < -0.39 is 10.0 Å². The zero-order chi connectivity index (χ0) is 14.6. The lowest BCUT2D eigenvalue weighted by molar-refractivity contribution is 0.601. The second-order valence-electron chi connectivity index (χ2n) is 4.43. The summed E-state index contributed by atoms with van der Waals surface area (Å²) in [6, 6.07) is 10.1. The molecule has 0 spiro atoms. The van der Waals surface area contributed by atoms with Crippen LogP contribution in [0, 0.1) is 0 Å². The van der Waals surface area contributed by atoms with Gasteiger partial charge in [0.1, 0.15) is 5.82 Å². The van der Waals surface area contributed by atoms with Crippen LogP contribution in [0.5, 0.6) is 0 Å². The number of nitrogens with two attached hydrogens (primary N) is 1. The van der Waals surface area contributed by atoms with Gasteiger partial charge in [-0.05, 0) is 24.1 Å². The van der Waals surface area contributed by atoms with E-state index >= 15 is 0 Å². The third kappa shape index (κ3) is 3.27. The van der Waals surface area contributed by atoms with E-state index in [1.54, 1.807) is 12.1 Å². The fraction of sp³-hybridized carbons (Fsp3) is 0.214. The van der Waals surface area contributed by atoms with Crippen LogP contribution in [-0.2, 0) is 16.4 Å². The van der Waals surface area contributed by atoms with Gasteiger partial charge in [-0.3, -0.25) is 4.72 Å². The Hall–Kier alpha value is -2.08. The molecule has 106 valence electrons. The van der Waals surface area contributed by atoms with E-state index in [1.165, 1.54) is 18.3 Å². The van der Waals surface area contributed by atoms with Crippen LogP contribution in [0.15, 0.2) is 47.5 Å². The summed E-state index contributed by atoms with van der Waals surface area (Å²) < 4.78 is 27.2. The molecule has 1 aromatic heterocycles. The number of nitrogens with zero attached hydrogens (tertiary/aromatic N) is 1. The monoisotopic (exact) mass is 291 g/mol. The van der Waals surface area contributed by atoms with Crippen LogP contribution < -0.4 is 10.5 Å². The highest BCUT2D eigenvalue weighted by atomic mass is 32.2. The highest BCUT2D eigenvalue weighted by Gasteiger charge is 2.16. The number of nitrogen functional groups attached to an aromatic ring is 1. The van der Waals surface area contributed by atoms with E-state index in [1.807, 2.05) is 12.1 Å². The SMILES string of the molecule is CCCc1ccccc1NS(=O)(=O)c1ccnc(N)c1. The van der Waals surface area contributed by atoms with Gasteiger partial charge in [0, 0.05) is 12.3 Å². The zero-order valence-electron chi connectivity index (χ0n) is 11.2. The van der Waals surface area contributed by atoms with Crippen molar-refractivity contribution in [2.75, 3.05) is 10.5 Å². The molecule has 0 unspecified atom stereocenters. The fourth-order valence-corrected chi connectivity index (χ4v) is 3.03. The Kier molecular flexibility index (Phi) is 4.24. The van der Waals surface area contributed by atoms with Crippen molar-refractivity contribution in [1.82, 2.24) is 4.98 Å². The van der Waals surface area contributed by atoms with Gasteiger partial charge >= 0.3 is 0 Å². The summed E-state index contributed by atoms with van der Waals surface area (Å²) >= 11 is 0. The molecule has 0 atom stereocenters. The fourth-order valence-electron chi connectivity index (χ4n) is 1.91. The molecule has 0 fully saturated rings. The maximum absolute atomic E-state index is 12.3. The first-order chi connectivity index (χ1) is 9.53. The maximum atomic E-state index is 12.3. The van der Waals surface area contributed by atoms with Gasteiger partial charge in [-0.25, -0.2) is 13.4 Å². The van der Waals surface area contributed by atoms with Crippen LogP contribution in [0.2, 0.25) is 0 Å². The third-order valence-electron chi connectivity index (χ3n) is 2.84. The lowest BCUT2D eigenvalue weighted by Crippen LogP contribution is -2.14. The molecule has 1 heterocycles. The molecule has 20 heavy (non-hydrogen) atoms. The highest BCUT2D eigenvalue weighted by Crippen LogP contribution is 2.21. The number of para-hydroxylation sites is 1. The van der Waals surface area contributed by atoms with Gasteiger partial charge in [0.2, 0.25) is 0 Å². The molecule has 0 amide bonds. The van der Waals surface area contributed by atoms with Crippen molar-refractivity contribution in [3.8, 4) is 0 Å². The molecule has 0 aliphatic carbocycles. The molecule has 0 aliphatic heterocycles. The number of rotatable bonds is 5. The first kappa shape index (κ1) is 14.3. The van der Waals surface area contributed by atoms with Crippen LogP contribution in [0.25, 0.3) is 0 Å². The summed E-state index contributed by atoms with van der Waals surface area (Å²) in [6.45, 7) is 2.05. The predicted octanol–water partition coefficient (Wildman–Crippen LogP) is 2.42. The lowest BCUT2D eigenvalue weighted by atomic mass is 10.1. The Morgan fingerprint density at radius 2 is 2.00 bits per heavy atom. The van der Waals surface area contributed by atoms with E-state index in [0.717, 1.165) is 18.4 Å². The molecule has 0 aliphatic rings. The molecule has 6 heteroatoms. The molecule has 0 radical (unpaired) electrons. The molecule has 2 rings (SSSR count). The Morgan fingerprint density at radius 3 is 2.70 bits per heavy atom. The number of benzene rings is 1. The van der Waals surface area contributed by atoms with Gasteiger partial charge in [-0.1, -0.05) is 31.5 Å². The van der Waals surface area contributed by atoms with E-state index in [9.17, 15) is 8.42 Å². The van der Waals surface area contributed by atoms with Crippen LogP contribution in [0.1, 0.15) is 18.9 Å².